The molecular formula is C12H24N2O2. The van der Waals surface area contributed by atoms with Crippen LogP contribution >= 0.6 is 0 Å². The van der Waals surface area contributed by atoms with E-state index in [0.29, 0.717) is 6.04 Å². The molecular weight excluding hydrogens is 204 g/mol. The zero-order chi connectivity index (χ0) is 12.0. The number of carbonyl (C=O) groups excluding carboxylic acids is 1. The summed E-state index contributed by atoms with van der Waals surface area (Å²) in [6.07, 6.45) is 5.28. The van der Waals surface area contributed by atoms with Crippen molar-refractivity contribution in [3.8, 4) is 0 Å². The number of amides is 1. The van der Waals surface area contributed by atoms with Gasteiger partial charge in [0.25, 0.3) is 0 Å². The monoisotopic (exact) mass is 228 g/mol. The summed E-state index contributed by atoms with van der Waals surface area (Å²) in [5.74, 6) is -0.144. The molecule has 3 atom stereocenters. The lowest BCUT2D eigenvalue weighted by Crippen LogP contribution is -2.48. The first-order valence-corrected chi connectivity index (χ1v) is 6.19. The summed E-state index contributed by atoms with van der Waals surface area (Å²) in [5, 5.41) is 3.50. The van der Waals surface area contributed by atoms with Crippen molar-refractivity contribution < 1.29 is 9.53 Å². The smallest absolute Gasteiger partial charge is 0.222 e. The molecule has 0 bridgehead atoms. The third kappa shape index (κ3) is 4.10. The lowest BCUT2D eigenvalue weighted by atomic mass is 9.83. The summed E-state index contributed by atoms with van der Waals surface area (Å²) in [5.41, 5.74) is 5.43. The van der Waals surface area contributed by atoms with Gasteiger partial charge < -0.3 is 15.8 Å². The topological polar surface area (TPSA) is 64.3 Å². The van der Waals surface area contributed by atoms with Gasteiger partial charge in [-0.1, -0.05) is 12.8 Å². The largest absolute Gasteiger partial charge is 0.385 e. The number of carbonyl (C=O) groups is 1. The molecule has 1 aliphatic carbocycles. The normalized spacial score (nSPS) is 27.6. The molecule has 1 saturated carbocycles. The number of ether oxygens (including phenoxy) is 1. The molecule has 4 heteroatoms. The van der Waals surface area contributed by atoms with E-state index in [1.54, 1.807) is 7.11 Å². The van der Waals surface area contributed by atoms with Crippen LogP contribution in [0.25, 0.3) is 0 Å². The van der Waals surface area contributed by atoms with E-state index in [2.05, 4.69) is 12.2 Å². The average Bonchev–Trinajstić information content (AvgIpc) is 2.27. The zero-order valence-corrected chi connectivity index (χ0v) is 10.4. The third-order valence-electron chi connectivity index (χ3n) is 3.38. The molecule has 0 aliphatic heterocycles. The molecule has 3 N–H and O–H groups in total. The van der Waals surface area contributed by atoms with E-state index in [9.17, 15) is 4.79 Å². The number of nitrogens with two attached hydrogens (primary N) is 1. The van der Waals surface area contributed by atoms with Gasteiger partial charge in [0, 0.05) is 25.8 Å². The van der Waals surface area contributed by atoms with Crippen LogP contribution in [0.1, 0.15) is 39.0 Å². The Labute approximate surface area is 97.9 Å². The van der Waals surface area contributed by atoms with Crippen molar-refractivity contribution in [2.45, 2.75) is 51.1 Å². The highest BCUT2D eigenvalue weighted by atomic mass is 16.5. The second-order valence-corrected chi connectivity index (χ2v) is 4.75. The van der Waals surface area contributed by atoms with Gasteiger partial charge in [0.1, 0.15) is 0 Å². The Hall–Kier alpha value is -0.610. The number of nitrogens with one attached hydrogen (secondary N) is 1. The Balaban J connectivity index is 2.39. The minimum atomic E-state index is -0.156. The van der Waals surface area contributed by atoms with Crippen LogP contribution in [0.2, 0.25) is 0 Å². The molecule has 1 fully saturated rings. The van der Waals surface area contributed by atoms with Crippen molar-refractivity contribution in [2.24, 2.45) is 11.7 Å². The van der Waals surface area contributed by atoms with Crippen LogP contribution in [0.15, 0.2) is 0 Å². The van der Waals surface area contributed by atoms with E-state index in [0.717, 1.165) is 32.3 Å². The number of hydrogen-bond acceptors (Lipinski definition) is 3. The lowest BCUT2D eigenvalue weighted by molar-refractivity contribution is -0.123. The standard InChI is InChI=1S/C12H24N2O2/c1-9(7-8-16-2)14-11-6-4-3-5-10(11)12(13)15/h9-11,14H,3-8H2,1-2H3,(H2,13,15). The van der Waals surface area contributed by atoms with Gasteiger partial charge in [-0.25, -0.2) is 0 Å². The van der Waals surface area contributed by atoms with Crippen LogP contribution in [0.3, 0.4) is 0 Å². The average molecular weight is 228 g/mol. The Morgan fingerprint density at radius 2 is 2.19 bits per heavy atom. The van der Waals surface area contributed by atoms with Gasteiger partial charge in [0.15, 0.2) is 0 Å². The molecule has 0 saturated heterocycles. The van der Waals surface area contributed by atoms with Crippen LogP contribution in [0.5, 0.6) is 0 Å². The van der Waals surface area contributed by atoms with Gasteiger partial charge in [-0.3, -0.25) is 4.79 Å². The summed E-state index contributed by atoms with van der Waals surface area (Å²) in [7, 11) is 1.71. The SMILES string of the molecule is COCCC(C)NC1CCCCC1C(N)=O. The van der Waals surface area contributed by atoms with E-state index in [4.69, 9.17) is 10.5 Å². The van der Waals surface area contributed by atoms with Crippen LogP contribution in [-0.2, 0) is 9.53 Å². The van der Waals surface area contributed by atoms with Crippen molar-refractivity contribution in [1.82, 2.24) is 5.32 Å². The van der Waals surface area contributed by atoms with E-state index >= 15 is 0 Å². The molecule has 0 heterocycles. The maximum atomic E-state index is 11.3. The molecule has 3 unspecified atom stereocenters. The fraction of sp³-hybridized carbons (Fsp3) is 0.917. The van der Waals surface area contributed by atoms with Gasteiger partial charge >= 0.3 is 0 Å². The summed E-state index contributed by atoms with van der Waals surface area (Å²) >= 11 is 0. The van der Waals surface area contributed by atoms with Crippen molar-refractivity contribution in [3.63, 3.8) is 0 Å². The minimum absolute atomic E-state index is 0.0127. The maximum absolute atomic E-state index is 11.3. The Kier molecular flexibility index (Phi) is 5.77. The second kappa shape index (κ2) is 6.86. The number of rotatable bonds is 6. The van der Waals surface area contributed by atoms with Gasteiger partial charge in [-0.05, 0) is 26.2 Å². The van der Waals surface area contributed by atoms with Crippen molar-refractivity contribution in [2.75, 3.05) is 13.7 Å². The molecule has 0 spiro atoms. The third-order valence-corrected chi connectivity index (χ3v) is 3.38. The highest BCUT2D eigenvalue weighted by molar-refractivity contribution is 5.77. The Morgan fingerprint density at radius 1 is 1.50 bits per heavy atom. The summed E-state index contributed by atoms with van der Waals surface area (Å²) < 4.78 is 5.04. The molecule has 0 radical (unpaired) electrons. The quantitative estimate of drug-likeness (QED) is 0.714. The highest BCUT2D eigenvalue weighted by Gasteiger charge is 2.29. The molecule has 1 rings (SSSR count). The summed E-state index contributed by atoms with van der Waals surface area (Å²) in [6.45, 7) is 2.88. The van der Waals surface area contributed by atoms with Gasteiger partial charge in [-0.2, -0.15) is 0 Å². The minimum Gasteiger partial charge on any atom is -0.385 e. The predicted molar refractivity (Wildman–Crippen MR) is 64.0 cm³/mol. The van der Waals surface area contributed by atoms with Gasteiger partial charge in [0.2, 0.25) is 5.91 Å². The number of methoxy groups -OCH3 is 1. The van der Waals surface area contributed by atoms with Gasteiger partial charge in [-0.15, -0.1) is 0 Å². The number of primary amides is 1. The first-order chi connectivity index (χ1) is 7.65. The fourth-order valence-corrected chi connectivity index (χ4v) is 2.41. The molecule has 94 valence electrons. The zero-order valence-electron chi connectivity index (χ0n) is 10.4. The van der Waals surface area contributed by atoms with E-state index in [-0.39, 0.29) is 17.9 Å². The highest BCUT2D eigenvalue weighted by Crippen LogP contribution is 2.24. The van der Waals surface area contributed by atoms with E-state index in [1.165, 1.54) is 6.42 Å². The molecule has 0 aromatic rings. The Morgan fingerprint density at radius 3 is 2.81 bits per heavy atom. The Bertz CT molecular complexity index is 221. The van der Waals surface area contributed by atoms with Crippen molar-refractivity contribution >= 4 is 5.91 Å². The lowest BCUT2D eigenvalue weighted by Gasteiger charge is -2.32. The van der Waals surface area contributed by atoms with E-state index in [1.807, 2.05) is 0 Å². The van der Waals surface area contributed by atoms with Crippen LogP contribution < -0.4 is 11.1 Å². The molecule has 1 aliphatic rings. The van der Waals surface area contributed by atoms with Crippen molar-refractivity contribution in [3.05, 3.63) is 0 Å². The van der Waals surface area contributed by atoms with Crippen LogP contribution in [-0.4, -0.2) is 31.7 Å². The first-order valence-electron chi connectivity index (χ1n) is 6.19. The summed E-state index contributed by atoms with van der Waals surface area (Å²) in [6, 6.07) is 0.642. The second-order valence-electron chi connectivity index (χ2n) is 4.75. The first kappa shape index (κ1) is 13.5. The molecule has 0 aromatic heterocycles. The van der Waals surface area contributed by atoms with Crippen molar-refractivity contribution in [1.29, 1.82) is 0 Å². The molecule has 0 aromatic carbocycles. The molecule has 16 heavy (non-hydrogen) atoms. The molecule has 1 amide bonds. The van der Waals surface area contributed by atoms with Crippen LogP contribution in [0, 0.1) is 5.92 Å². The van der Waals surface area contributed by atoms with Crippen LogP contribution in [0.4, 0.5) is 0 Å². The number of hydrogen-bond donors (Lipinski definition) is 2. The van der Waals surface area contributed by atoms with E-state index < -0.39 is 0 Å². The maximum Gasteiger partial charge on any atom is 0.222 e. The summed E-state index contributed by atoms with van der Waals surface area (Å²) in [4.78, 5) is 11.3. The predicted octanol–water partition coefficient (Wildman–Crippen LogP) is 1.05. The van der Waals surface area contributed by atoms with Gasteiger partial charge in [0.05, 0.1) is 5.92 Å². The molecule has 4 nitrogen and oxygen atoms in total. The fourth-order valence-electron chi connectivity index (χ4n) is 2.41.